The molecule has 0 aliphatic rings. The molecule has 0 spiro atoms. The number of nitrogens with zero attached hydrogens (tertiary/aromatic N) is 1. The Balaban J connectivity index is 2.68. The first kappa shape index (κ1) is 21.2. The summed E-state index contributed by atoms with van der Waals surface area (Å²) in [6.07, 6.45) is 0.620. The number of benzene rings is 1. The summed E-state index contributed by atoms with van der Waals surface area (Å²) in [5.41, 5.74) is 1.53. The molecular formula is C20H33N3O2. The zero-order valence-corrected chi connectivity index (χ0v) is 16.3. The summed E-state index contributed by atoms with van der Waals surface area (Å²) in [5, 5.41) is 5.87. The van der Waals surface area contributed by atoms with Gasteiger partial charge in [0.25, 0.3) is 5.91 Å². The number of amides is 2. The van der Waals surface area contributed by atoms with E-state index in [-0.39, 0.29) is 11.8 Å². The first-order valence-corrected chi connectivity index (χ1v) is 9.25. The molecule has 0 aromatic heterocycles. The Morgan fingerprint density at radius 2 is 1.76 bits per heavy atom. The fraction of sp³-hybridized carbons (Fsp3) is 0.600. The van der Waals surface area contributed by atoms with Crippen LogP contribution in [0.25, 0.3) is 0 Å². The van der Waals surface area contributed by atoms with E-state index in [1.165, 1.54) is 0 Å². The summed E-state index contributed by atoms with van der Waals surface area (Å²) in [6.45, 7) is 13.6. The van der Waals surface area contributed by atoms with Crippen LogP contribution in [-0.2, 0) is 4.79 Å². The zero-order chi connectivity index (χ0) is 18.8. The minimum Gasteiger partial charge on any atom is -0.353 e. The molecule has 2 N–H and O–H groups in total. The van der Waals surface area contributed by atoms with Crippen molar-refractivity contribution in [1.29, 1.82) is 0 Å². The minimum absolute atomic E-state index is 0.109. The van der Waals surface area contributed by atoms with Gasteiger partial charge in [-0.15, -0.1) is 0 Å². The van der Waals surface area contributed by atoms with Gasteiger partial charge in [0.15, 0.2) is 0 Å². The largest absolute Gasteiger partial charge is 0.353 e. The number of rotatable bonds is 10. The van der Waals surface area contributed by atoms with Gasteiger partial charge in [-0.1, -0.05) is 45.9 Å². The van der Waals surface area contributed by atoms with Crippen LogP contribution in [0.4, 0.5) is 0 Å². The lowest BCUT2D eigenvalue weighted by molar-refractivity contribution is -0.123. The molecule has 0 fully saturated rings. The number of hydrogen-bond donors (Lipinski definition) is 2. The smallest absolute Gasteiger partial charge is 0.252 e. The van der Waals surface area contributed by atoms with Crippen molar-refractivity contribution in [3.63, 3.8) is 0 Å². The molecule has 1 atom stereocenters. The molecule has 0 aliphatic heterocycles. The maximum atomic E-state index is 12.5. The van der Waals surface area contributed by atoms with Gasteiger partial charge in [-0.2, -0.15) is 0 Å². The van der Waals surface area contributed by atoms with Gasteiger partial charge in [0.2, 0.25) is 5.91 Å². The van der Waals surface area contributed by atoms with Gasteiger partial charge in [-0.05, 0) is 44.0 Å². The van der Waals surface area contributed by atoms with E-state index in [1.54, 1.807) is 6.07 Å². The predicted molar refractivity (Wildman–Crippen MR) is 103 cm³/mol. The maximum Gasteiger partial charge on any atom is 0.252 e. The van der Waals surface area contributed by atoms with Crippen LogP contribution in [-0.4, -0.2) is 48.9 Å². The van der Waals surface area contributed by atoms with E-state index in [9.17, 15) is 9.59 Å². The van der Waals surface area contributed by atoms with Crippen molar-refractivity contribution in [2.75, 3.05) is 26.2 Å². The van der Waals surface area contributed by atoms with Gasteiger partial charge in [0, 0.05) is 18.7 Å². The third kappa shape index (κ3) is 7.26. The van der Waals surface area contributed by atoms with Gasteiger partial charge >= 0.3 is 0 Å². The second kappa shape index (κ2) is 10.9. The molecule has 5 heteroatoms. The third-order valence-corrected chi connectivity index (χ3v) is 4.34. The van der Waals surface area contributed by atoms with Crippen molar-refractivity contribution < 1.29 is 9.59 Å². The minimum atomic E-state index is -0.510. The van der Waals surface area contributed by atoms with E-state index in [1.807, 2.05) is 25.1 Å². The Hall–Kier alpha value is -1.88. The summed E-state index contributed by atoms with van der Waals surface area (Å²) in [6, 6.07) is 6.91. The summed E-state index contributed by atoms with van der Waals surface area (Å²) < 4.78 is 0. The highest BCUT2D eigenvalue weighted by Gasteiger charge is 2.22. The van der Waals surface area contributed by atoms with Crippen molar-refractivity contribution in [2.45, 2.75) is 47.1 Å². The van der Waals surface area contributed by atoms with Gasteiger partial charge in [-0.25, -0.2) is 0 Å². The molecule has 1 rings (SSSR count). The van der Waals surface area contributed by atoms with Crippen molar-refractivity contribution in [3.05, 3.63) is 35.4 Å². The highest BCUT2D eigenvalue weighted by molar-refractivity contribution is 5.98. The van der Waals surface area contributed by atoms with E-state index in [2.05, 4.69) is 43.2 Å². The van der Waals surface area contributed by atoms with Gasteiger partial charge in [-0.3, -0.25) is 9.59 Å². The highest BCUT2D eigenvalue weighted by atomic mass is 16.2. The molecule has 0 unspecified atom stereocenters. The molecule has 2 amide bonds. The highest BCUT2D eigenvalue weighted by Crippen LogP contribution is 2.10. The van der Waals surface area contributed by atoms with Crippen molar-refractivity contribution in [3.8, 4) is 0 Å². The molecular weight excluding hydrogens is 314 g/mol. The van der Waals surface area contributed by atoms with Crippen LogP contribution in [0.2, 0.25) is 0 Å². The number of likely N-dealkylation sites (N-methyl/N-ethyl adjacent to an activating group) is 1. The molecule has 0 radical (unpaired) electrons. The number of carbonyl (C=O) groups excluding carboxylic acids is 2. The Morgan fingerprint density at radius 3 is 2.32 bits per heavy atom. The molecule has 1 aromatic rings. The Bertz CT molecular complexity index is 554. The molecule has 0 saturated carbocycles. The normalized spacial score (nSPS) is 12.3. The fourth-order valence-electron chi connectivity index (χ4n) is 2.77. The predicted octanol–water partition coefficient (Wildman–Crippen LogP) is 2.60. The van der Waals surface area contributed by atoms with E-state index in [0.717, 1.165) is 25.2 Å². The molecule has 0 bridgehead atoms. The summed E-state index contributed by atoms with van der Waals surface area (Å²) in [7, 11) is 0. The molecule has 0 heterocycles. The molecule has 0 saturated heterocycles. The van der Waals surface area contributed by atoms with Gasteiger partial charge in [0.1, 0.15) is 6.04 Å². The average Bonchev–Trinajstić information content (AvgIpc) is 2.57. The average molecular weight is 348 g/mol. The molecule has 25 heavy (non-hydrogen) atoms. The number of nitrogens with one attached hydrogen (secondary N) is 2. The van der Waals surface area contributed by atoms with Crippen LogP contribution in [0.1, 0.15) is 50.0 Å². The summed E-state index contributed by atoms with van der Waals surface area (Å²) >= 11 is 0. The zero-order valence-electron chi connectivity index (χ0n) is 16.3. The molecule has 140 valence electrons. The second-order valence-corrected chi connectivity index (χ2v) is 6.79. The number of carbonyl (C=O) groups is 2. The Morgan fingerprint density at radius 1 is 1.12 bits per heavy atom. The van der Waals surface area contributed by atoms with E-state index in [0.29, 0.717) is 24.4 Å². The topological polar surface area (TPSA) is 61.4 Å². The van der Waals surface area contributed by atoms with Crippen molar-refractivity contribution in [2.24, 2.45) is 5.92 Å². The van der Waals surface area contributed by atoms with Crippen LogP contribution in [0, 0.1) is 12.8 Å². The van der Waals surface area contributed by atoms with Gasteiger partial charge < -0.3 is 15.5 Å². The number of hydrogen-bond acceptors (Lipinski definition) is 3. The van der Waals surface area contributed by atoms with Crippen molar-refractivity contribution in [1.82, 2.24) is 15.5 Å². The Labute approximate surface area is 152 Å². The first-order valence-electron chi connectivity index (χ1n) is 9.25. The van der Waals surface area contributed by atoms with Crippen LogP contribution in [0.15, 0.2) is 24.3 Å². The van der Waals surface area contributed by atoms with Crippen LogP contribution in [0.5, 0.6) is 0 Å². The van der Waals surface area contributed by atoms with E-state index >= 15 is 0 Å². The lowest BCUT2D eigenvalue weighted by Crippen LogP contribution is -2.49. The van der Waals surface area contributed by atoms with Gasteiger partial charge in [0.05, 0.1) is 0 Å². The maximum absolute atomic E-state index is 12.5. The van der Waals surface area contributed by atoms with Crippen LogP contribution >= 0.6 is 0 Å². The molecule has 0 aliphatic carbocycles. The van der Waals surface area contributed by atoms with E-state index in [4.69, 9.17) is 0 Å². The first-order chi connectivity index (χ1) is 11.9. The number of aryl methyl sites for hydroxylation is 1. The van der Waals surface area contributed by atoms with E-state index < -0.39 is 6.04 Å². The lowest BCUT2D eigenvalue weighted by Gasteiger charge is -2.22. The van der Waals surface area contributed by atoms with Crippen molar-refractivity contribution >= 4 is 11.8 Å². The van der Waals surface area contributed by atoms with Crippen LogP contribution < -0.4 is 10.6 Å². The third-order valence-electron chi connectivity index (χ3n) is 4.34. The summed E-state index contributed by atoms with van der Waals surface area (Å²) in [4.78, 5) is 27.3. The monoisotopic (exact) mass is 347 g/mol. The fourth-order valence-corrected chi connectivity index (χ4v) is 2.77. The second-order valence-electron chi connectivity index (χ2n) is 6.79. The Kier molecular flexibility index (Phi) is 9.21. The standard InChI is InChI=1S/C20H33N3O2/c1-6-23(7-2)13-12-21-20(25)18(14-15(3)4)22-19(24)17-11-9-8-10-16(17)5/h8-11,15,18H,6-7,12-14H2,1-5H3,(H,21,25)(H,22,24)/t18-/m0/s1. The van der Waals surface area contributed by atoms with Crippen LogP contribution in [0.3, 0.4) is 0 Å². The summed E-state index contributed by atoms with van der Waals surface area (Å²) in [5.74, 6) is 0.0149. The lowest BCUT2D eigenvalue weighted by atomic mass is 10.0. The molecule has 1 aromatic carbocycles. The molecule has 5 nitrogen and oxygen atoms in total. The SMILES string of the molecule is CCN(CC)CCNC(=O)[C@H](CC(C)C)NC(=O)c1ccccc1C. The quantitative estimate of drug-likeness (QED) is 0.684.